The van der Waals surface area contributed by atoms with E-state index in [0.717, 1.165) is 73.0 Å². The van der Waals surface area contributed by atoms with Gasteiger partial charge in [0.25, 0.3) is 0 Å². The molecule has 1 aromatic heterocycles. The predicted molar refractivity (Wildman–Crippen MR) is 157 cm³/mol. The van der Waals surface area contributed by atoms with Crippen LogP contribution in [0.15, 0.2) is 40.8 Å². The summed E-state index contributed by atoms with van der Waals surface area (Å²) in [4.78, 5) is 13.7. The molecule has 192 valence electrons. The Kier molecular flexibility index (Phi) is 12.5. The number of benzene rings is 2. The van der Waals surface area contributed by atoms with Gasteiger partial charge in [0.2, 0.25) is 0 Å². The summed E-state index contributed by atoms with van der Waals surface area (Å²) in [6.07, 6.45) is 4.00. The molecule has 0 bridgehead atoms. The first-order valence-corrected chi connectivity index (χ1v) is 14.6. The van der Waals surface area contributed by atoms with Crippen molar-refractivity contribution in [1.29, 1.82) is 0 Å². The molecular weight excluding hydrogens is 732 g/mol. The quantitative estimate of drug-likeness (QED) is 0.142. The number of hydrogen-bond donors (Lipinski definition) is 0. The molecule has 0 N–H and O–H groups in total. The van der Waals surface area contributed by atoms with Crippen LogP contribution >= 0.6 is 45.2 Å². The van der Waals surface area contributed by atoms with Crippen molar-refractivity contribution in [1.82, 2.24) is 0 Å². The Morgan fingerprint density at radius 3 is 2.23 bits per heavy atom. The molecular formula is C28H36BrI2NO3. The number of quaternary nitrogens is 1. The van der Waals surface area contributed by atoms with Crippen LogP contribution < -0.4 is 21.7 Å². The smallest absolute Gasteiger partial charge is 0.197 e. The second-order valence-corrected chi connectivity index (χ2v) is 11.2. The summed E-state index contributed by atoms with van der Waals surface area (Å²) in [6, 6.07) is 11.8. The number of unbranched alkanes of at least 4 members (excludes halogenated alkanes) is 1. The van der Waals surface area contributed by atoms with E-state index in [2.05, 4.69) is 72.9 Å². The van der Waals surface area contributed by atoms with Gasteiger partial charge in [0, 0.05) is 17.4 Å². The van der Waals surface area contributed by atoms with Crippen molar-refractivity contribution >= 4 is 61.9 Å². The van der Waals surface area contributed by atoms with Crippen LogP contribution in [0.1, 0.15) is 68.6 Å². The highest BCUT2D eigenvalue weighted by Gasteiger charge is 2.25. The van der Waals surface area contributed by atoms with E-state index in [1.807, 2.05) is 36.4 Å². The number of furan rings is 1. The largest absolute Gasteiger partial charge is 1.00 e. The number of halogens is 3. The van der Waals surface area contributed by atoms with E-state index in [1.54, 1.807) is 0 Å². The molecule has 0 atom stereocenters. The van der Waals surface area contributed by atoms with Gasteiger partial charge >= 0.3 is 0 Å². The normalized spacial score (nSPS) is 11.5. The summed E-state index contributed by atoms with van der Waals surface area (Å²) in [6.45, 7) is 14.0. The number of likely N-dealkylation sites (N-methyl/N-ethyl adjacent to an activating group) is 1. The van der Waals surface area contributed by atoms with Crippen LogP contribution in [-0.4, -0.2) is 43.1 Å². The number of rotatable bonds is 13. The molecule has 0 aliphatic carbocycles. The summed E-state index contributed by atoms with van der Waals surface area (Å²) in [5.74, 6) is 1.69. The van der Waals surface area contributed by atoms with Crippen LogP contribution in [0.2, 0.25) is 0 Å². The zero-order chi connectivity index (χ0) is 24.7. The molecule has 0 radical (unpaired) electrons. The number of carbonyl (C=O) groups is 1. The van der Waals surface area contributed by atoms with Gasteiger partial charge in [-0.25, -0.2) is 0 Å². The molecule has 2 aromatic carbocycles. The topological polar surface area (TPSA) is 39.4 Å². The average Bonchev–Trinajstić information content (AvgIpc) is 3.21. The minimum Gasteiger partial charge on any atom is -1.00 e. The Morgan fingerprint density at radius 2 is 1.63 bits per heavy atom. The van der Waals surface area contributed by atoms with Crippen LogP contribution in [-0.2, 0) is 6.42 Å². The lowest BCUT2D eigenvalue weighted by molar-refractivity contribution is -0.924. The Balaban J connectivity index is 0.00000432. The van der Waals surface area contributed by atoms with E-state index in [9.17, 15) is 4.79 Å². The lowest BCUT2D eigenvalue weighted by Gasteiger charge is -2.36. The van der Waals surface area contributed by atoms with Gasteiger partial charge in [-0.1, -0.05) is 38.5 Å². The molecule has 7 heteroatoms. The second-order valence-electron chi connectivity index (χ2n) is 8.87. The molecule has 0 aliphatic rings. The maximum atomic E-state index is 13.7. The fourth-order valence-electron chi connectivity index (χ4n) is 4.62. The van der Waals surface area contributed by atoms with Crippen molar-refractivity contribution in [3.8, 4) is 5.75 Å². The number of nitrogens with zero attached hydrogens (tertiary/aromatic N) is 1. The molecule has 35 heavy (non-hydrogen) atoms. The number of aryl methyl sites for hydroxylation is 1. The van der Waals surface area contributed by atoms with E-state index in [0.29, 0.717) is 17.7 Å². The monoisotopic (exact) mass is 767 g/mol. The van der Waals surface area contributed by atoms with Crippen molar-refractivity contribution in [2.24, 2.45) is 0 Å². The molecule has 3 aromatic rings. The van der Waals surface area contributed by atoms with Gasteiger partial charge in [-0.3, -0.25) is 4.79 Å². The van der Waals surface area contributed by atoms with Gasteiger partial charge in [-0.15, -0.1) is 0 Å². The van der Waals surface area contributed by atoms with E-state index in [4.69, 9.17) is 9.15 Å². The summed E-state index contributed by atoms with van der Waals surface area (Å²) >= 11 is 4.60. The van der Waals surface area contributed by atoms with E-state index in [-0.39, 0.29) is 22.8 Å². The van der Waals surface area contributed by atoms with E-state index < -0.39 is 0 Å². The van der Waals surface area contributed by atoms with Gasteiger partial charge < -0.3 is 30.6 Å². The molecule has 1 heterocycles. The first-order valence-electron chi connectivity index (χ1n) is 12.4. The van der Waals surface area contributed by atoms with Gasteiger partial charge in [-0.05, 0) is 90.1 Å². The second kappa shape index (κ2) is 14.3. The fraction of sp³-hybridized carbons (Fsp3) is 0.464. The molecule has 0 amide bonds. The van der Waals surface area contributed by atoms with Crippen LogP contribution in [0.4, 0.5) is 0 Å². The minimum absolute atomic E-state index is 0. The number of fused-ring (bicyclic) bond motifs is 1. The zero-order valence-corrected chi connectivity index (χ0v) is 27.0. The van der Waals surface area contributed by atoms with Crippen molar-refractivity contribution in [3.05, 3.63) is 60.4 Å². The first kappa shape index (κ1) is 30.6. The highest BCUT2D eigenvalue weighted by atomic mass is 127. The summed E-state index contributed by atoms with van der Waals surface area (Å²) in [7, 11) is 0. The first-order chi connectivity index (χ1) is 16.4. The maximum Gasteiger partial charge on any atom is 0.197 e. The standard InChI is InChI=1S/C28H36I2NO3.BrH/c1-5-9-13-25-26(21-12-10-11-14-24(21)34-25)27(32)20-18-22(29)28(23(30)19-20)33-17-16-31(7-3,8-4)15-6-2;/h10-12,14,18-19H,5-9,13,15-17H2,1-4H3;1H/q+1;/p-1. The highest BCUT2D eigenvalue weighted by molar-refractivity contribution is 14.1. The van der Waals surface area contributed by atoms with Gasteiger partial charge in [0.15, 0.2) is 5.78 Å². The number of para-hydroxylation sites is 1. The third-order valence-electron chi connectivity index (χ3n) is 6.76. The molecule has 3 rings (SSSR count). The summed E-state index contributed by atoms with van der Waals surface area (Å²) in [5, 5.41) is 0.896. The van der Waals surface area contributed by atoms with Crippen molar-refractivity contribution in [3.63, 3.8) is 0 Å². The van der Waals surface area contributed by atoms with E-state index in [1.165, 1.54) is 13.0 Å². The zero-order valence-electron chi connectivity index (χ0n) is 21.1. The third kappa shape index (κ3) is 7.23. The predicted octanol–water partition coefficient (Wildman–Crippen LogP) is 4.87. The number of ether oxygens (including phenoxy) is 1. The molecule has 4 nitrogen and oxygen atoms in total. The molecule has 0 saturated carbocycles. The van der Waals surface area contributed by atoms with Crippen LogP contribution in [0.5, 0.6) is 5.75 Å². The van der Waals surface area contributed by atoms with Crippen molar-refractivity contribution in [2.45, 2.75) is 53.4 Å². The number of hydrogen-bond acceptors (Lipinski definition) is 3. The van der Waals surface area contributed by atoms with E-state index >= 15 is 0 Å². The Bertz CT molecular complexity index is 1100. The third-order valence-corrected chi connectivity index (χ3v) is 8.37. The maximum absolute atomic E-state index is 13.7. The number of ketones is 1. The van der Waals surface area contributed by atoms with Gasteiger partial charge in [-0.2, -0.15) is 0 Å². The lowest BCUT2D eigenvalue weighted by atomic mass is 9.98. The lowest BCUT2D eigenvalue weighted by Crippen LogP contribution is -3.00. The number of carbonyl (C=O) groups excluding carboxylic acids is 1. The Hall–Kier alpha value is -0.650. The highest BCUT2D eigenvalue weighted by Crippen LogP contribution is 2.33. The molecule has 0 fully saturated rings. The molecule has 0 saturated heterocycles. The molecule has 0 aliphatic heterocycles. The van der Waals surface area contributed by atoms with Crippen molar-refractivity contribution < 1.29 is 35.4 Å². The Labute approximate surface area is 247 Å². The summed E-state index contributed by atoms with van der Waals surface area (Å²) < 4.78 is 15.4. The van der Waals surface area contributed by atoms with Gasteiger partial charge in [0.05, 0.1) is 32.3 Å². The molecule has 0 unspecified atom stereocenters. The van der Waals surface area contributed by atoms with Crippen molar-refractivity contribution in [2.75, 3.05) is 32.8 Å². The average molecular weight is 768 g/mol. The van der Waals surface area contributed by atoms with Crippen LogP contribution in [0.3, 0.4) is 0 Å². The molecule has 0 spiro atoms. The fourth-order valence-corrected chi connectivity index (χ4v) is 6.69. The van der Waals surface area contributed by atoms with Gasteiger partial charge in [0.1, 0.15) is 30.2 Å². The van der Waals surface area contributed by atoms with Crippen LogP contribution in [0.25, 0.3) is 11.0 Å². The van der Waals surface area contributed by atoms with Crippen LogP contribution in [0, 0.1) is 7.14 Å². The Morgan fingerprint density at radius 1 is 0.971 bits per heavy atom. The minimum atomic E-state index is 0. The SMILES string of the molecule is CCCCc1oc2ccccc2c1C(=O)c1cc(I)c(OCC[N+](CC)(CC)CCC)c(I)c1.[Br-]. The summed E-state index contributed by atoms with van der Waals surface area (Å²) in [5.41, 5.74) is 2.17.